The minimum Gasteiger partial charge on any atom is -0.481 e. The van der Waals surface area contributed by atoms with Gasteiger partial charge in [0, 0.05) is 10.9 Å². The minimum atomic E-state index is -1.04. The first-order valence-electron chi connectivity index (χ1n) is 4.16. The molecular weight excluding hydrogens is 223 g/mol. The van der Waals surface area contributed by atoms with Crippen LogP contribution in [0.15, 0.2) is 22.6 Å². The molecule has 15 heavy (non-hydrogen) atoms. The number of carboxylic acid groups (broad SMARTS) is 1. The van der Waals surface area contributed by atoms with E-state index in [1.54, 1.807) is 0 Å². The molecule has 0 aliphatic carbocycles. The molecule has 5 heteroatoms. The van der Waals surface area contributed by atoms with E-state index in [2.05, 4.69) is 0 Å². The smallest absolute Gasteiger partial charge is 0.308 e. The highest BCUT2D eigenvalue weighted by molar-refractivity contribution is 6.31. The zero-order chi connectivity index (χ0) is 11.0. The van der Waals surface area contributed by atoms with Gasteiger partial charge >= 0.3 is 5.97 Å². The maximum absolute atomic E-state index is 12.9. The van der Waals surface area contributed by atoms with Crippen molar-refractivity contribution < 1.29 is 18.7 Å². The number of benzene rings is 1. The lowest BCUT2D eigenvalue weighted by Gasteiger charge is -1.93. The van der Waals surface area contributed by atoms with Crippen LogP contribution in [-0.4, -0.2) is 11.1 Å². The average molecular weight is 229 g/mol. The molecule has 0 saturated heterocycles. The van der Waals surface area contributed by atoms with Crippen LogP contribution in [0, 0.1) is 5.82 Å². The molecule has 0 saturated carbocycles. The van der Waals surface area contributed by atoms with Gasteiger partial charge in [0.25, 0.3) is 0 Å². The van der Waals surface area contributed by atoms with E-state index in [-0.39, 0.29) is 11.6 Å². The first kappa shape index (κ1) is 9.98. The fraction of sp³-hybridized carbons (Fsp3) is 0.100. The van der Waals surface area contributed by atoms with Gasteiger partial charge in [-0.3, -0.25) is 4.79 Å². The molecule has 1 N–H and O–H groups in total. The Balaban J connectivity index is 2.65. The Kier molecular flexibility index (Phi) is 2.36. The molecule has 0 atom stereocenters. The van der Waals surface area contributed by atoms with E-state index in [1.807, 2.05) is 0 Å². The monoisotopic (exact) mass is 228 g/mol. The van der Waals surface area contributed by atoms with Crippen molar-refractivity contribution in [3.05, 3.63) is 34.8 Å². The van der Waals surface area contributed by atoms with Crippen molar-refractivity contribution >= 4 is 28.5 Å². The molecule has 1 aromatic heterocycles. The predicted octanol–water partition coefficient (Wildman–Crippen LogP) is 2.85. The van der Waals surface area contributed by atoms with E-state index in [0.717, 1.165) is 0 Å². The second-order valence-electron chi connectivity index (χ2n) is 3.07. The number of hydrogen-bond donors (Lipinski definition) is 1. The number of halogens is 2. The Hall–Kier alpha value is -1.55. The summed E-state index contributed by atoms with van der Waals surface area (Å²) < 4.78 is 18.0. The standard InChI is InChI=1S/C10H6ClFO3/c11-10-7(4-9(13)14)6-3-5(12)1-2-8(6)15-10/h1-3H,4H2,(H,13,14). The molecule has 3 nitrogen and oxygen atoms in total. The summed E-state index contributed by atoms with van der Waals surface area (Å²) in [6, 6.07) is 3.86. The highest BCUT2D eigenvalue weighted by Crippen LogP contribution is 2.30. The van der Waals surface area contributed by atoms with E-state index in [9.17, 15) is 9.18 Å². The molecule has 0 amide bonds. The van der Waals surface area contributed by atoms with Gasteiger partial charge in [0.05, 0.1) is 6.42 Å². The van der Waals surface area contributed by atoms with Crippen molar-refractivity contribution in [2.24, 2.45) is 0 Å². The zero-order valence-corrected chi connectivity index (χ0v) is 8.21. The van der Waals surface area contributed by atoms with Crippen LogP contribution in [-0.2, 0) is 11.2 Å². The van der Waals surface area contributed by atoms with Gasteiger partial charge in [-0.1, -0.05) is 0 Å². The third-order valence-corrected chi connectivity index (χ3v) is 2.34. The number of rotatable bonds is 2. The van der Waals surface area contributed by atoms with E-state index in [0.29, 0.717) is 16.5 Å². The summed E-state index contributed by atoms with van der Waals surface area (Å²) in [5.41, 5.74) is 0.691. The van der Waals surface area contributed by atoms with E-state index in [1.165, 1.54) is 18.2 Å². The van der Waals surface area contributed by atoms with Crippen molar-refractivity contribution in [1.82, 2.24) is 0 Å². The summed E-state index contributed by atoms with van der Waals surface area (Å²) in [7, 11) is 0. The van der Waals surface area contributed by atoms with Crippen LogP contribution in [0.5, 0.6) is 0 Å². The summed E-state index contributed by atoms with van der Waals surface area (Å²) >= 11 is 5.71. The zero-order valence-electron chi connectivity index (χ0n) is 7.46. The Bertz CT molecular complexity index is 533. The second-order valence-corrected chi connectivity index (χ2v) is 3.41. The topological polar surface area (TPSA) is 50.4 Å². The van der Waals surface area contributed by atoms with Crippen LogP contribution in [0.4, 0.5) is 4.39 Å². The van der Waals surface area contributed by atoms with Gasteiger partial charge < -0.3 is 9.52 Å². The Morgan fingerprint density at radius 3 is 2.93 bits per heavy atom. The predicted molar refractivity (Wildman–Crippen MR) is 52.5 cm³/mol. The molecule has 0 bridgehead atoms. The van der Waals surface area contributed by atoms with E-state index < -0.39 is 11.8 Å². The molecule has 2 rings (SSSR count). The summed E-state index contributed by atoms with van der Waals surface area (Å²) in [5.74, 6) is -1.49. The Morgan fingerprint density at radius 2 is 2.27 bits per heavy atom. The number of carboxylic acids is 1. The van der Waals surface area contributed by atoms with Gasteiger partial charge in [-0.2, -0.15) is 0 Å². The molecule has 78 valence electrons. The molecule has 1 heterocycles. The quantitative estimate of drug-likeness (QED) is 0.860. The number of aliphatic carboxylic acids is 1. The number of hydrogen-bond acceptors (Lipinski definition) is 2. The summed E-state index contributed by atoms with van der Waals surface area (Å²) in [5, 5.41) is 9.05. The van der Waals surface area contributed by atoms with E-state index >= 15 is 0 Å². The third-order valence-electron chi connectivity index (χ3n) is 2.03. The van der Waals surface area contributed by atoms with Crippen molar-refractivity contribution in [2.45, 2.75) is 6.42 Å². The second kappa shape index (κ2) is 3.55. The maximum Gasteiger partial charge on any atom is 0.308 e. The fourth-order valence-electron chi connectivity index (χ4n) is 1.41. The van der Waals surface area contributed by atoms with Crippen LogP contribution in [0.1, 0.15) is 5.56 Å². The highest BCUT2D eigenvalue weighted by atomic mass is 35.5. The van der Waals surface area contributed by atoms with Crippen LogP contribution in [0.2, 0.25) is 5.22 Å². The SMILES string of the molecule is O=C(O)Cc1c(Cl)oc2ccc(F)cc12. The van der Waals surface area contributed by atoms with Crippen LogP contribution >= 0.6 is 11.6 Å². The van der Waals surface area contributed by atoms with Gasteiger partial charge in [-0.15, -0.1) is 0 Å². The summed E-state index contributed by atoms with van der Waals surface area (Å²) in [4.78, 5) is 10.6. The minimum absolute atomic E-state index is 0.00185. The molecule has 2 aromatic rings. The average Bonchev–Trinajstić information content (AvgIpc) is 2.43. The van der Waals surface area contributed by atoms with E-state index in [4.69, 9.17) is 21.1 Å². The van der Waals surface area contributed by atoms with Gasteiger partial charge in [-0.25, -0.2) is 4.39 Å². The highest BCUT2D eigenvalue weighted by Gasteiger charge is 2.15. The van der Waals surface area contributed by atoms with Crippen molar-refractivity contribution in [2.75, 3.05) is 0 Å². The lowest BCUT2D eigenvalue weighted by atomic mass is 10.1. The van der Waals surface area contributed by atoms with Gasteiger partial charge in [0.15, 0.2) is 5.22 Å². The first-order chi connectivity index (χ1) is 7.08. The summed E-state index contributed by atoms with van der Waals surface area (Å²) in [6.45, 7) is 0. The molecular formula is C10H6ClFO3. The number of carbonyl (C=O) groups is 1. The van der Waals surface area contributed by atoms with Crippen LogP contribution < -0.4 is 0 Å². The normalized spacial score (nSPS) is 10.8. The van der Waals surface area contributed by atoms with Gasteiger partial charge in [0.1, 0.15) is 11.4 Å². The lowest BCUT2D eigenvalue weighted by Crippen LogP contribution is -1.99. The number of fused-ring (bicyclic) bond motifs is 1. The lowest BCUT2D eigenvalue weighted by molar-refractivity contribution is -0.136. The van der Waals surface area contributed by atoms with Gasteiger partial charge in [0.2, 0.25) is 0 Å². The molecule has 0 unspecified atom stereocenters. The largest absolute Gasteiger partial charge is 0.481 e. The molecule has 0 aliphatic rings. The summed E-state index contributed by atoms with van der Waals surface area (Å²) in [6.07, 6.45) is -0.282. The number of furan rings is 1. The molecule has 0 radical (unpaired) electrons. The molecule has 0 fully saturated rings. The Morgan fingerprint density at radius 1 is 1.53 bits per heavy atom. The third kappa shape index (κ3) is 1.80. The maximum atomic E-state index is 12.9. The van der Waals surface area contributed by atoms with Crippen molar-refractivity contribution in [1.29, 1.82) is 0 Å². The van der Waals surface area contributed by atoms with Gasteiger partial charge in [-0.05, 0) is 29.8 Å². The fourth-order valence-corrected chi connectivity index (χ4v) is 1.66. The molecule has 0 spiro atoms. The first-order valence-corrected chi connectivity index (χ1v) is 4.54. The van der Waals surface area contributed by atoms with Crippen LogP contribution in [0.25, 0.3) is 11.0 Å². The Labute approximate surface area is 89.1 Å². The van der Waals surface area contributed by atoms with Crippen molar-refractivity contribution in [3.8, 4) is 0 Å². The molecule has 1 aromatic carbocycles. The van der Waals surface area contributed by atoms with Crippen molar-refractivity contribution in [3.63, 3.8) is 0 Å². The molecule has 0 aliphatic heterocycles. The van der Waals surface area contributed by atoms with Crippen LogP contribution in [0.3, 0.4) is 0 Å².